The van der Waals surface area contributed by atoms with Gasteiger partial charge in [-0.3, -0.25) is 13.9 Å². The summed E-state index contributed by atoms with van der Waals surface area (Å²) in [5, 5.41) is 1.03. The van der Waals surface area contributed by atoms with Crippen LogP contribution in [0, 0.1) is 0 Å². The van der Waals surface area contributed by atoms with Gasteiger partial charge in [0, 0.05) is 41.4 Å². The second-order valence-electron chi connectivity index (χ2n) is 8.22. The van der Waals surface area contributed by atoms with Crippen LogP contribution < -0.4 is 10.4 Å². The summed E-state index contributed by atoms with van der Waals surface area (Å²) in [4.78, 5) is 32.6. The normalized spacial score (nSPS) is 12.9. The van der Waals surface area contributed by atoms with Crippen molar-refractivity contribution in [3.63, 3.8) is 0 Å². The number of hydrogen-bond donors (Lipinski definition) is 0. The number of aryl methyl sites for hydroxylation is 1. The van der Waals surface area contributed by atoms with Crippen molar-refractivity contribution in [3.05, 3.63) is 80.3 Å². The number of methoxy groups -OCH3 is 1. The number of hydrogen-bond acceptors (Lipinski definition) is 4. The Morgan fingerprint density at radius 1 is 1.00 bits per heavy atom. The SMILES string of the molecule is CCn1c(=O)n(CC(=O)N2Cc3ccc(OC)cc3C2)c2ncc(-c3cc(Cl)cc(Cl)c3)cc21. The molecule has 3 heterocycles. The molecule has 0 bridgehead atoms. The number of fused-ring (bicyclic) bond motifs is 2. The Morgan fingerprint density at radius 3 is 2.44 bits per heavy atom. The minimum atomic E-state index is -0.266. The van der Waals surface area contributed by atoms with Crippen LogP contribution in [0.5, 0.6) is 5.75 Å². The molecular formula is C25H22Cl2N4O3. The Morgan fingerprint density at radius 2 is 1.74 bits per heavy atom. The largest absolute Gasteiger partial charge is 0.497 e. The van der Waals surface area contributed by atoms with Crippen molar-refractivity contribution >= 4 is 40.3 Å². The molecule has 2 aromatic heterocycles. The first-order chi connectivity index (χ1) is 16.4. The fourth-order valence-corrected chi connectivity index (χ4v) is 4.95. The zero-order chi connectivity index (χ0) is 24.0. The van der Waals surface area contributed by atoms with Crippen molar-refractivity contribution in [2.45, 2.75) is 33.1 Å². The lowest BCUT2D eigenvalue weighted by Gasteiger charge is -2.15. The molecule has 2 aromatic carbocycles. The van der Waals surface area contributed by atoms with Gasteiger partial charge in [-0.1, -0.05) is 29.3 Å². The molecule has 0 spiro atoms. The molecule has 0 aliphatic carbocycles. The van der Waals surface area contributed by atoms with E-state index in [4.69, 9.17) is 27.9 Å². The second-order valence-corrected chi connectivity index (χ2v) is 9.10. The van der Waals surface area contributed by atoms with Crippen LogP contribution in [0.4, 0.5) is 0 Å². The van der Waals surface area contributed by atoms with Crippen LogP contribution in [-0.4, -0.2) is 32.0 Å². The van der Waals surface area contributed by atoms with E-state index in [-0.39, 0.29) is 18.1 Å². The van der Waals surface area contributed by atoms with Gasteiger partial charge in [-0.2, -0.15) is 0 Å². The lowest BCUT2D eigenvalue weighted by molar-refractivity contribution is -0.132. The smallest absolute Gasteiger partial charge is 0.330 e. The third kappa shape index (κ3) is 3.95. The first-order valence-corrected chi connectivity index (χ1v) is 11.6. The third-order valence-corrected chi connectivity index (χ3v) is 6.59. The van der Waals surface area contributed by atoms with Gasteiger partial charge in [0.05, 0.1) is 12.6 Å². The molecule has 0 fully saturated rings. The molecule has 4 aromatic rings. The molecule has 9 heteroatoms. The van der Waals surface area contributed by atoms with Gasteiger partial charge < -0.3 is 9.64 Å². The number of pyridine rings is 1. The standard InChI is InChI=1S/C25H22Cl2N4O3/c1-3-30-22-9-17(16-6-19(26)10-20(27)7-16)11-28-24(22)31(25(30)33)14-23(32)29-12-15-4-5-21(34-2)8-18(15)13-29/h4-11H,3,12-14H2,1-2H3. The molecule has 174 valence electrons. The van der Waals surface area contributed by atoms with Crippen LogP contribution in [0.25, 0.3) is 22.3 Å². The molecule has 0 radical (unpaired) electrons. The summed E-state index contributed by atoms with van der Waals surface area (Å²) < 4.78 is 8.35. The minimum absolute atomic E-state index is 0.0806. The van der Waals surface area contributed by atoms with E-state index in [1.54, 1.807) is 41.0 Å². The quantitative estimate of drug-likeness (QED) is 0.400. The van der Waals surface area contributed by atoms with E-state index < -0.39 is 0 Å². The maximum Gasteiger partial charge on any atom is 0.330 e. The second kappa shape index (κ2) is 8.81. The van der Waals surface area contributed by atoms with Gasteiger partial charge in [-0.05, 0) is 60.0 Å². The molecule has 0 unspecified atom stereocenters. The Labute approximate surface area is 206 Å². The fourth-order valence-electron chi connectivity index (χ4n) is 4.43. The van der Waals surface area contributed by atoms with E-state index in [1.807, 2.05) is 31.2 Å². The third-order valence-electron chi connectivity index (χ3n) is 6.15. The van der Waals surface area contributed by atoms with Crippen LogP contribution in [-0.2, 0) is 31.0 Å². The first kappa shape index (κ1) is 22.5. The summed E-state index contributed by atoms with van der Waals surface area (Å²) in [6, 6.07) is 12.9. The van der Waals surface area contributed by atoms with Crippen molar-refractivity contribution in [2.24, 2.45) is 0 Å². The van der Waals surface area contributed by atoms with Gasteiger partial charge in [0.15, 0.2) is 5.65 Å². The van der Waals surface area contributed by atoms with E-state index in [1.165, 1.54) is 4.57 Å². The first-order valence-electron chi connectivity index (χ1n) is 10.9. The average molecular weight is 497 g/mol. The zero-order valence-electron chi connectivity index (χ0n) is 18.7. The van der Waals surface area contributed by atoms with Crippen molar-refractivity contribution in [2.75, 3.05) is 7.11 Å². The van der Waals surface area contributed by atoms with Crippen LogP contribution in [0.15, 0.2) is 53.5 Å². The van der Waals surface area contributed by atoms with Crippen molar-refractivity contribution in [3.8, 4) is 16.9 Å². The summed E-state index contributed by atoms with van der Waals surface area (Å²) in [6.07, 6.45) is 1.67. The number of amides is 1. The van der Waals surface area contributed by atoms with Gasteiger partial charge in [-0.25, -0.2) is 9.78 Å². The van der Waals surface area contributed by atoms with E-state index in [0.29, 0.717) is 40.8 Å². The Kier molecular flexibility index (Phi) is 5.83. The lowest BCUT2D eigenvalue weighted by atomic mass is 10.1. The molecule has 0 atom stereocenters. The summed E-state index contributed by atoms with van der Waals surface area (Å²) in [6.45, 7) is 3.25. The van der Waals surface area contributed by atoms with Crippen LogP contribution >= 0.6 is 23.2 Å². The highest BCUT2D eigenvalue weighted by Gasteiger charge is 2.26. The summed E-state index contributed by atoms with van der Waals surface area (Å²) in [5.74, 6) is 0.621. The predicted octanol–water partition coefficient (Wildman–Crippen LogP) is 4.74. The van der Waals surface area contributed by atoms with Gasteiger partial charge in [-0.15, -0.1) is 0 Å². The number of nitrogens with zero attached hydrogens (tertiary/aromatic N) is 4. The molecule has 7 nitrogen and oxygen atoms in total. The van der Waals surface area contributed by atoms with Crippen LogP contribution in [0.1, 0.15) is 18.1 Å². The molecule has 34 heavy (non-hydrogen) atoms. The number of halogens is 2. The molecule has 1 amide bonds. The van der Waals surface area contributed by atoms with Crippen molar-refractivity contribution in [1.29, 1.82) is 0 Å². The molecule has 5 rings (SSSR count). The monoisotopic (exact) mass is 496 g/mol. The van der Waals surface area contributed by atoms with E-state index in [0.717, 1.165) is 28.0 Å². The number of benzene rings is 2. The van der Waals surface area contributed by atoms with E-state index in [9.17, 15) is 9.59 Å². The molecule has 0 saturated carbocycles. The number of aromatic nitrogens is 3. The molecule has 0 saturated heterocycles. The highest BCUT2D eigenvalue weighted by atomic mass is 35.5. The summed E-state index contributed by atoms with van der Waals surface area (Å²) in [5.41, 5.74) is 4.58. The summed E-state index contributed by atoms with van der Waals surface area (Å²) in [7, 11) is 1.62. The molecule has 1 aliphatic heterocycles. The summed E-state index contributed by atoms with van der Waals surface area (Å²) >= 11 is 12.3. The van der Waals surface area contributed by atoms with Gasteiger partial charge in [0.1, 0.15) is 12.3 Å². The van der Waals surface area contributed by atoms with Crippen LogP contribution in [0.2, 0.25) is 10.0 Å². The number of carbonyl (C=O) groups is 1. The average Bonchev–Trinajstić information content (AvgIpc) is 3.36. The Hall–Kier alpha value is -3.29. The predicted molar refractivity (Wildman–Crippen MR) is 132 cm³/mol. The van der Waals surface area contributed by atoms with Gasteiger partial charge in [0.25, 0.3) is 0 Å². The zero-order valence-corrected chi connectivity index (χ0v) is 20.2. The number of carbonyl (C=O) groups excluding carboxylic acids is 1. The van der Waals surface area contributed by atoms with Crippen molar-refractivity contribution < 1.29 is 9.53 Å². The van der Waals surface area contributed by atoms with Gasteiger partial charge >= 0.3 is 5.69 Å². The van der Waals surface area contributed by atoms with Gasteiger partial charge in [0.2, 0.25) is 5.91 Å². The van der Waals surface area contributed by atoms with Crippen LogP contribution in [0.3, 0.4) is 0 Å². The van der Waals surface area contributed by atoms with E-state index >= 15 is 0 Å². The number of rotatable bonds is 5. The maximum atomic E-state index is 13.2. The minimum Gasteiger partial charge on any atom is -0.497 e. The highest BCUT2D eigenvalue weighted by molar-refractivity contribution is 6.35. The molecule has 0 N–H and O–H groups in total. The molecular weight excluding hydrogens is 475 g/mol. The topological polar surface area (TPSA) is 69.4 Å². The maximum absolute atomic E-state index is 13.2. The Bertz CT molecular complexity index is 1470. The number of ether oxygens (including phenoxy) is 1. The highest BCUT2D eigenvalue weighted by Crippen LogP contribution is 2.29. The molecule has 1 aliphatic rings. The Balaban J connectivity index is 1.47. The van der Waals surface area contributed by atoms with Crippen molar-refractivity contribution in [1.82, 2.24) is 19.0 Å². The van der Waals surface area contributed by atoms with E-state index in [2.05, 4.69) is 4.98 Å². The number of imidazole rings is 1. The fraction of sp³-hybridized carbons (Fsp3) is 0.240. The lowest BCUT2D eigenvalue weighted by Crippen LogP contribution is -2.34.